The van der Waals surface area contributed by atoms with Gasteiger partial charge in [0.2, 0.25) is 0 Å². The lowest BCUT2D eigenvalue weighted by atomic mass is 10.1. The van der Waals surface area contributed by atoms with Crippen LogP contribution in [0.15, 0.2) is 67.0 Å². The summed E-state index contributed by atoms with van der Waals surface area (Å²) < 4.78 is 27.7. The van der Waals surface area contributed by atoms with Crippen LogP contribution >= 0.6 is 0 Å². The molecule has 0 saturated heterocycles. The smallest absolute Gasteiger partial charge is 0.280 e. The van der Waals surface area contributed by atoms with Crippen molar-refractivity contribution in [1.82, 2.24) is 29.8 Å². The van der Waals surface area contributed by atoms with E-state index in [0.29, 0.717) is 46.4 Å². The topological polar surface area (TPSA) is 112 Å². The molecule has 0 radical (unpaired) electrons. The average molecular weight is 562 g/mol. The minimum absolute atomic E-state index is 0.216. The number of nitrogens with two attached hydrogens (primary N) is 1. The predicted octanol–water partition coefficient (Wildman–Crippen LogP) is 5.58. The molecule has 2 aliphatic carbocycles. The van der Waals surface area contributed by atoms with E-state index >= 15 is 0 Å². The van der Waals surface area contributed by atoms with Crippen molar-refractivity contribution >= 4 is 22.9 Å². The van der Waals surface area contributed by atoms with Crippen LogP contribution in [0, 0.1) is 17.8 Å². The first kappa shape index (κ1) is 25.8. The van der Waals surface area contributed by atoms with Crippen LogP contribution < -0.4 is 11.1 Å². The number of pyridine rings is 3. The third-order valence-electron chi connectivity index (χ3n) is 7.61. The van der Waals surface area contributed by atoms with Gasteiger partial charge in [0.25, 0.3) is 12.3 Å². The fourth-order valence-electron chi connectivity index (χ4n) is 5.27. The van der Waals surface area contributed by atoms with E-state index in [1.54, 1.807) is 6.20 Å². The second kappa shape index (κ2) is 10.3. The molecule has 5 aromatic rings. The van der Waals surface area contributed by atoms with Crippen LogP contribution in [0.2, 0.25) is 0 Å². The normalized spacial score (nSPS) is 15.8. The summed E-state index contributed by atoms with van der Waals surface area (Å²) in [6.45, 7) is 0. The van der Waals surface area contributed by atoms with E-state index in [-0.39, 0.29) is 23.2 Å². The third-order valence-corrected chi connectivity index (χ3v) is 7.61. The zero-order valence-electron chi connectivity index (χ0n) is 22.4. The molecule has 1 fully saturated rings. The Balaban J connectivity index is 1.25. The molecule has 7 rings (SSSR count). The maximum absolute atomic E-state index is 12.9. The van der Waals surface area contributed by atoms with E-state index in [9.17, 15) is 13.6 Å². The van der Waals surface area contributed by atoms with Gasteiger partial charge in [-0.1, -0.05) is 12.0 Å². The van der Waals surface area contributed by atoms with Gasteiger partial charge >= 0.3 is 0 Å². The molecule has 0 aliphatic heterocycles. The highest BCUT2D eigenvalue weighted by molar-refractivity contribution is 5.94. The number of aryl methyl sites for hydroxylation is 1. The Labute approximate surface area is 240 Å². The van der Waals surface area contributed by atoms with Gasteiger partial charge in [0.15, 0.2) is 11.5 Å². The van der Waals surface area contributed by atoms with Crippen LogP contribution in [0.25, 0.3) is 28.2 Å². The zero-order chi connectivity index (χ0) is 28.8. The highest BCUT2D eigenvalue weighted by Crippen LogP contribution is 2.36. The van der Waals surface area contributed by atoms with Gasteiger partial charge in [-0.15, -0.1) is 0 Å². The van der Waals surface area contributed by atoms with Gasteiger partial charge in [0.05, 0.1) is 17.2 Å². The number of nitrogens with zero attached hydrogens (tertiary/aromatic N) is 5. The van der Waals surface area contributed by atoms with Gasteiger partial charge in [-0.25, -0.2) is 23.7 Å². The van der Waals surface area contributed by atoms with Crippen LogP contribution in [0.3, 0.4) is 0 Å². The van der Waals surface area contributed by atoms with Crippen LogP contribution in [0.5, 0.6) is 0 Å². The number of nitrogens with one attached hydrogen (secondary N) is 1. The van der Waals surface area contributed by atoms with Gasteiger partial charge in [-0.3, -0.25) is 14.3 Å². The lowest BCUT2D eigenvalue weighted by molar-refractivity contribution is 0.0935. The molecule has 1 amide bonds. The highest BCUT2D eigenvalue weighted by Gasteiger charge is 2.26. The monoisotopic (exact) mass is 561 g/mol. The van der Waals surface area contributed by atoms with E-state index in [0.717, 1.165) is 36.1 Å². The van der Waals surface area contributed by atoms with Crippen molar-refractivity contribution < 1.29 is 13.6 Å². The van der Waals surface area contributed by atoms with Crippen molar-refractivity contribution in [3.63, 3.8) is 0 Å². The molecule has 8 nitrogen and oxygen atoms in total. The summed E-state index contributed by atoms with van der Waals surface area (Å²) in [5.41, 5.74) is 11.8. The molecule has 1 atom stereocenters. The average Bonchev–Trinajstić information content (AvgIpc) is 3.64. The fraction of sp³-hybridized carbons (Fsp3) is 0.219. The quantitative estimate of drug-likeness (QED) is 0.271. The number of anilines is 1. The number of aromatic nitrogens is 5. The number of amides is 1. The minimum Gasteiger partial charge on any atom is -0.383 e. The maximum atomic E-state index is 12.9. The summed E-state index contributed by atoms with van der Waals surface area (Å²) in [6.07, 6.45) is 3.87. The van der Waals surface area contributed by atoms with Gasteiger partial charge in [0.1, 0.15) is 22.7 Å². The van der Waals surface area contributed by atoms with Crippen LogP contribution in [-0.4, -0.2) is 30.4 Å². The summed E-state index contributed by atoms with van der Waals surface area (Å²) >= 11 is 0. The highest BCUT2D eigenvalue weighted by atomic mass is 19.3. The fourth-order valence-corrected chi connectivity index (χ4v) is 5.27. The van der Waals surface area contributed by atoms with E-state index in [1.165, 1.54) is 18.3 Å². The van der Waals surface area contributed by atoms with E-state index < -0.39 is 6.43 Å². The number of fused-ring (bicyclic) bond motifs is 2. The third kappa shape index (κ3) is 4.83. The van der Waals surface area contributed by atoms with E-state index in [1.807, 2.05) is 41.0 Å². The van der Waals surface area contributed by atoms with Crippen LogP contribution in [0.4, 0.5) is 14.6 Å². The molecule has 208 valence electrons. The van der Waals surface area contributed by atoms with Gasteiger partial charge in [-0.05, 0) is 91.3 Å². The number of carbonyl (C=O) groups excluding carboxylic acids is 1. The zero-order valence-corrected chi connectivity index (χ0v) is 22.4. The number of carbonyl (C=O) groups is 1. The number of hydrogen-bond acceptors (Lipinski definition) is 6. The largest absolute Gasteiger partial charge is 0.383 e. The molecule has 2 aliphatic rings. The molecule has 0 bridgehead atoms. The minimum atomic E-state index is -2.68. The van der Waals surface area contributed by atoms with Crippen molar-refractivity contribution in [1.29, 1.82) is 0 Å². The molecular formula is C32H25F2N7O. The Bertz CT molecular complexity index is 1900. The first-order chi connectivity index (χ1) is 20.4. The molecule has 0 spiro atoms. The summed E-state index contributed by atoms with van der Waals surface area (Å²) in [5.74, 6) is 7.56. The van der Waals surface area contributed by atoms with Crippen molar-refractivity contribution in [2.45, 2.75) is 38.2 Å². The number of halogens is 2. The van der Waals surface area contributed by atoms with Crippen LogP contribution in [0.1, 0.15) is 64.6 Å². The lowest BCUT2D eigenvalue weighted by Crippen LogP contribution is -2.27. The first-order valence-electron chi connectivity index (χ1n) is 13.7. The number of hydrogen-bond donors (Lipinski definition) is 2. The van der Waals surface area contributed by atoms with Crippen LogP contribution in [-0.2, 0) is 6.42 Å². The molecule has 10 heteroatoms. The number of benzene rings is 1. The molecular weight excluding hydrogens is 536 g/mol. The van der Waals surface area contributed by atoms with Crippen molar-refractivity contribution in [3.8, 4) is 28.9 Å². The molecule has 0 unspecified atom stereocenters. The van der Waals surface area contributed by atoms with E-state index in [2.05, 4.69) is 33.2 Å². The number of nitrogen functional groups attached to an aromatic ring is 1. The first-order valence-corrected chi connectivity index (χ1v) is 13.7. The van der Waals surface area contributed by atoms with Gasteiger partial charge in [-0.2, -0.15) is 0 Å². The molecule has 4 heterocycles. The number of imidazole rings is 1. The molecule has 4 aromatic heterocycles. The Hall–Kier alpha value is -5.17. The summed E-state index contributed by atoms with van der Waals surface area (Å²) in [4.78, 5) is 30.6. The lowest BCUT2D eigenvalue weighted by Gasteiger charge is -2.16. The van der Waals surface area contributed by atoms with Gasteiger partial charge in [0, 0.05) is 24.0 Å². The standard InChI is InChI=1S/C32H25F2N7O/c33-28(34)26-13-7-20(17-37-26)32(42)40-25-12-6-19-16-22(10-11-23(19)25)41-30(24-2-1-15-36-29(24)35)39-27-14-9-21(38-31(27)41)8-5-18-3-4-18/h1-2,7,9-11,13-18,25,28H,3-4,6,12H2,(H2,35,36)(H,40,42)/t25-/m0/s1. The Morgan fingerprint density at radius 3 is 2.69 bits per heavy atom. The number of rotatable bonds is 5. The SMILES string of the molecule is Nc1ncccc1-c1nc2ccc(C#CC3CC3)nc2n1-c1ccc2c(c1)CC[C@@H]2NC(=O)c1ccc(C(F)F)nc1. The Kier molecular flexibility index (Phi) is 6.35. The summed E-state index contributed by atoms with van der Waals surface area (Å²) in [6, 6.07) is 15.9. The van der Waals surface area contributed by atoms with Gasteiger partial charge < -0.3 is 11.1 Å². The van der Waals surface area contributed by atoms with Crippen molar-refractivity contribution in [2.24, 2.45) is 5.92 Å². The van der Waals surface area contributed by atoms with Crippen molar-refractivity contribution in [3.05, 3.63) is 95.1 Å². The molecule has 42 heavy (non-hydrogen) atoms. The Morgan fingerprint density at radius 2 is 1.93 bits per heavy atom. The molecule has 3 N–H and O–H groups in total. The second-order valence-electron chi connectivity index (χ2n) is 10.5. The summed E-state index contributed by atoms with van der Waals surface area (Å²) in [7, 11) is 0. The molecule has 1 saturated carbocycles. The number of alkyl halides is 2. The predicted molar refractivity (Wildman–Crippen MR) is 154 cm³/mol. The Morgan fingerprint density at radius 1 is 1.05 bits per heavy atom. The second-order valence-corrected chi connectivity index (χ2v) is 10.5. The summed E-state index contributed by atoms with van der Waals surface area (Å²) in [5, 5.41) is 3.03. The molecule has 1 aromatic carbocycles. The maximum Gasteiger partial charge on any atom is 0.280 e. The van der Waals surface area contributed by atoms with E-state index in [4.69, 9.17) is 15.7 Å². The van der Waals surface area contributed by atoms with Crippen molar-refractivity contribution in [2.75, 3.05) is 5.73 Å².